The van der Waals surface area contributed by atoms with Gasteiger partial charge in [0.1, 0.15) is 5.25 Å². The highest BCUT2D eigenvalue weighted by atomic mass is 35.5. The van der Waals surface area contributed by atoms with Crippen molar-refractivity contribution in [2.45, 2.75) is 38.2 Å². The third-order valence-corrected chi connectivity index (χ3v) is 7.17. The van der Waals surface area contributed by atoms with Crippen LogP contribution < -0.4 is 0 Å². The number of piperidine rings is 1. The van der Waals surface area contributed by atoms with Crippen molar-refractivity contribution in [2.24, 2.45) is 11.8 Å². The van der Waals surface area contributed by atoms with E-state index in [-0.39, 0.29) is 11.7 Å². The van der Waals surface area contributed by atoms with Crippen molar-refractivity contribution >= 4 is 38.9 Å². The first-order chi connectivity index (χ1) is 11.1. The summed E-state index contributed by atoms with van der Waals surface area (Å²) in [6.45, 7) is 6.89. The van der Waals surface area contributed by atoms with Crippen LogP contribution in [0.3, 0.4) is 0 Å². The van der Waals surface area contributed by atoms with Crippen molar-refractivity contribution in [1.82, 2.24) is 4.90 Å². The van der Waals surface area contributed by atoms with E-state index < -0.39 is 15.1 Å². The van der Waals surface area contributed by atoms with Gasteiger partial charge in [0.25, 0.3) is 0 Å². The summed E-state index contributed by atoms with van der Waals surface area (Å²) in [4.78, 5) is 14.3. The van der Waals surface area contributed by atoms with Crippen molar-refractivity contribution < 1.29 is 13.2 Å². The van der Waals surface area contributed by atoms with E-state index in [9.17, 15) is 13.2 Å². The average molecular weight is 392 g/mol. The Hall–Kier alpha value is -0.780. The molecule has 1 aromatic carbocycles. The molecule has 0 spiro atoms. The molecule has 2 rings (SSSR count). The van der Waals surface area contributed by atoms with Crippen molar-refractivity contribution in [3.8, 4) is 0 Å². The zero-order valence-corrected chi connectivity index (χ0v) is 16.5. The molecule has 1 amide bonds. The highest BCUT2D eigenvalue weighted by Crippen LogP contribution is 2.26. The molecule has 134 valence electrons. The van der Waals surface area contributed by atoms with E-state index in [4.69, 9.17) is 23.2 Å². The van der Waals surface area contributed by atoms with Crippen molar-refractivity contribution in [3.63, 3.8) is 0 Å². The quantitative estimate of drug-likeness (QED) is 0.783. The van der Waals surface area contributed by atoms with Gasteiger partial charge in [0.15, 0.2) is 9.84 Å². The maximum atomic E-state index is 12.6. The van der Waals surface area contributed by atoms with Crippen LogP contribution >= 0.6 is 23.2 Å². The van der Waals surface area contributed by atoms with Gasteiger partial charge < -0.3 is 4.90 Å². The van der Waals surface area contributed by atoms with Gasteiger partial charge >= 0.3 is 0 Å². The van der Waals surface area contributed by atoms with Crippen LogP contribution in [0.25, 0.3) is 0 Å². The average Bonchev–Trinajstić information content (AvgIpc) is 2.48. The van der Waals surface area contributed by atoms with Crippen LogP contribution in [0.1, 0.15) is 32.8 Å². The Morgan fingerprint density at radius 2 is 1.79 bits per heavy atom. The molecule has 1 aromatic rings. The number of hydrogen-bond acceptors (Lipinski definition) is 3. The monoisotopic (exact) mass is 391 g/mol. The number of rotatable bonds is 4. The number of halogens is 2. The summed E-state index contributed by atoms with van der Waals surface area (Å²) in [5.41, 5.74) is 0.532. The van der Waals surface area contributed by atoms with Gasteiger partial charge in [-0.15, -0.1) is 0 Å². The van der Waals surface area contributed by atoms with E-state index in [1.165, 1.54) is 13.0 Å². The molecule has 24 heavy (non-hydrogen) atoms. The molecule has 1 aliphatic heterocycles. The van der Waals surface area contributed by atoms with E-state index >= 15 is 0 Å². The summed E-state index contributed by atoms with van der Waals surface area (Å²) in [5.74, 6) is 0.245. The van der Waals surface area contributed by atoms with E-state index in [1.807, 2.05) is 0 Å². The number of nitrogens with zero attached hydrogens (tertiary/aromatic N) is 1. The molecule has 1 saturated heterocycles. The van der Waals surface area contributed by atoms with Gasteiger partial charge in [-0.25, -0.2) is 8.42 Å². The van der Waals surface area contributed by atoms with Gasteiger partial charge in [0.2, 0.25) is 5.91 Å². The summed E-state index contributed by atoms with van der Waals surface area (Å²) in [6, 6.07) is 4.72. The molecule has 0 bridgehead atoms. The molecule has 1 fully saturated rings. The summed E-state index contributed by atoms with van der Waals surface area (Å²) in [7, 11) is -3.62. The molecule has 3 atom stereocenters. The van der Waals surface area contributed by atoms with Crippen molar-refractivity contribution in [3.05, 3.63) is 33.8 Å². The fourth-order valence-electron chi connectivity index (χ4n) is 3.24. The number of sulfone groups is 1. The third-order valence-electron chi connectivity index (χ3n) is 4.42. The fourth-order valence-corrected chi connectivity index (χ4v) is 4.91. The lowest BCUT2D eigenvalue weighted by Gasteiger charge is -2.36. The fraction of sp³-hybridized carbons (Fsp3) is 0.588. The Labute approximate surface area is 154 Å². The van der Waals surface area contributed by atoms with Gasteiger partial charge in [0.05, 0.1) is 15.8 Å². The molecule has 4 nitrogen and oxygen atoms in total. The normalized spacial score (nSPS) is 23.1. The Balaban J connectivity index is 2.12. The van der Waals surface area contributed by atoms with Crippen LogP contribution in [0.15, 0.2) is 18.2 Å². The lowest BCUT2D eigenvalue weighted by molar-refractivity contribution is -0.133. The largest absolute Gasteiger partial charge is 0.341 e. The van der Waals surface area contributed by atoms with Gasteiger partial charge in [-0.2, -0.15) is 0 Å². The van der Waals surface area contributed by atoms with Gasteiger partial charge in [-0.3, -0.25) is 4.79 Å². The van der Waals surface area contributed by atoms with Crippen molar-refractivity contribution in [1.29, 1.82) is 0 Å². The molecule has 0 radical (unpaired) electrons. The lowest BCUT2D eigenvalue weighted by atomic mass is 9.92. The molecular formula is C17H23Cl2NO3S. The van der Waals surface area contributed by atoms with E-state index in [0.29, 0.717) is 40.5 Å². The zero-order valence-electron chi connectivity index (χ0n) is 14.1. The van der Waals surface area contributed by atoms with Gasteiger partial charge in [0, 0.05) is 13.1 Å². The number of hydrogen-bond donors (Lipinski definition) is 0. The first-order valence-electron chi connectivity index (χ1n) is 8.04. The Morgan fingerprint density at radius 1 is 1.21 bits per heavy atom. The zero-order chi connectivity index (χ0) is 18.1. The van der Waals surface area contributed by atoms with Crippen LogP contribution in [0, 0.1) is 11.8 Å². The minimum absolute atomic E-state index is 0.226. The standard InChI is InChI=1S/C17H23Cl2NO3S/c1-11-6-12(2)9-20(8-11)17(21)13(3)24(22,23)10-14-4-5-15(18)16(19)7-14/h4-5,7,11-13H,6,8-10H2,1-3H3. The summed E-state index contributed by atoms with van der Waals surface area (Å²) < 4.78 is 25.2. The molecule has 0 saturated carbocycles. The Morgan fingerprint density at radius 3 is 2.33 bits per heavy atom. The van der Waals surface area contributed by atoms with Crippen molar-refractivity contribution in [2.75, 3.05) is 13.1 Å². The van der Waals surface area contributed by atoms with Crippen LogP contribution in [0.5, 0.6) is 0 Å². The highest BCUT2D eigenvalue weighted by molar-refractivity contribution is 7.92. The second-order valence-corrected chi connectivity index (χ2v) is 10.0. The molecule has 1 aliphatic rings. The Bertz CT molecular complexity index is 711. The van der Waals surface area contributed by atoms with Crippen LogP contribution in [-0.4, -0.2) is 37.6 Å². The molecule has 0 aliphatic carbocycles. The number of carbonyl (C=O) groups excluding carboxylic acids is 1. The van der Waals surface area contributed by atoms with Crippen LogP contribution in [-0.2, 0) is 20.4 Å². The maximum absolute atomic E-state index is 12.6. The maximum Gasteiger partial charge on any atom is 0.240 e. The van der Waals surface area contributed by atoms with E-state index in [1.54, 1.807) is 17.0 Å². The molecule has 1 heterocycles. The predicted octanol–water partition coefficient (Wildman–Crippen LogP) is 3.80. The van der Waals surface area contributed by atoms with E-state index in [2.05, 4.69) is 13.8 Å². The number of likely N-dealkylation sites (tertiary alicyclic amines) is 1. The van der Waals surface area contributed by atoms with E-state index in [0.717, 1.165) is 6.42 Å². The van der Waals surface area contributed by atoms with Gasteiger partial charge in [-0.05, 0) is 42.9 Å². The number of amides is 1. The first kappa shape index (κ1) is 19.5. The highest BCUT2D eigenvalue weighted by Gasteiger charge is 2.34. The summed E-state index contributed by atoms with van der Waals surface area (Å²) in [6.07, 6.45) is 1.06. The molecule has 3 unspecified atom stereocenters. The van der Waals surface area contributed by atoms with Crippen LogP contribution in [0.4, 0.5) is 0 Å². The lowest BCUT2D eigenvalue weighted by Crippen LogP contribution is -2.48. The number of carbonyl (C=O) groups is 1. The minimum Gasteiger partial charge on any atom is -0.341 e. The summed E-state index contributed by atoms with van der Waals surface area (Å²) in [5, 5.41) is -0.385. The SMILES string of the molecule is CC1CC(C)CN(C(=O)C(C)S(=O)(=O)Cc2ccc(Cl)c(Cl)c2)C1. The third kappa shape index (κ3) is 4.64. The molecule has 0 N–H and O–H groups in total. The first-order valence-corrected chi connectivity index (χ1v) is 10.5. The smallest absolute Gasteiger partial charge is 0.240 e. The minimum atomic E-state index is -3.62. The topological polar surface area (TPSA) is 54.5 Å². The molecule has 7 heteroatoms. The van der Waals surface area contributed by atoms with Gasteiger partial charge in [-0.1, -0.05) is 43.1 Å². The second-order valence-electron chi connectivity index (χ2n) is 6.89. The molecule has 0 aromatic heterocycles. The summed E-state index contributed by atoms with van der Waals surface area (Å²) >= 11 is 11.8. The Kier molecular flexibility index (Phi) is 6.21. The van der Waals surface area contributed by atoms with Crippen LogP contribution in [0.2, 0.25) is 10.0 Å². The number of benzene rings is 1. The molecular weight excluding hydrogens is 369 g/mol. The predicted molar refractivity (Wildman–Crippen MR) is 98.1 cm³/mol. The second kappa shape index (κ2) is 7.63.